The number of carbonyl (C=O) groups excluding carboxylic acids is 7. The van der Waals surface area contributed by atoms with Gasteiger partial charge in [-0.1, -0.05) is 43.3 Å². The van der Waals surface area contributed by atoms with Crippen molar-refractivity contribution in [2.24, 2.45) is 10.2 Å². The van der Waals surface area contributed by atoms with E-state index in [4.69, 9.17) is 28.4 Å². The van der Waals surface area contributed by atoms with Crippen molar-refractivity contribution in [2.75, 3.05) is 66.6 Å². The third kappa shape index (κ3) is 14.6. The second kappa shape index (κ2) is 28.3. The van der Waals surface area contributed by atoms with E-state index >= 15 is 0 Å². The lowest BCUT2D eigenvalue weighted by molar-refractivity contribution is -0.162. The van der Waals surface area contributed by atoms with Gasteiger partial charge in [-0.05, 0) is 136 Å². The Labute approximate surface area is 483 Å². The molecule has 3 aliphatic rings. The maximum absolute atomic E-state index is 14.6. The smallest absolute Gasteiger partial charge is 0.329 e. The van der Waals surface area contributed by atoms with E-state index in [1.54, 1.807) is 75.8 Å². The fraction of sp³-hybridized carbons (Fsp3) is 0.413. The number of likely N-dealkylation sites (tertiary alicyclic amines) is 1. The summed E-state index contributed by atoms with van der Waals surface area (Å²) in [5.41, 5.74) is 5.99. The molecule has 5 amide bonds. The number of amides is 5. The predicted octanol–water partition coefficient (Wildman–Crippen LogP) is 8.98. The van der Waals surface area contributed by atoms with Crippen molar-refractivity contribution in [3.63, 3.8) is 0 Å². The first kappa shape index (κ1) is 60.3. The lowest BCUT2D eigenvalue weighted by Gasteiger charge is -2.37. The molecule has 438 valence electrons. The second-order valence-electron chi connectivity index (χ2n) is 20.8. The Hall–Kier alpha value is -8.81. The molecule has 20 nitrogen and oxygen atoms in total. The summed E-state index contributed by atoms with van der Waals surface area (Å²) >= 11 is 0. The van der Waals surface area contributed by atoms with Crippen molar-refractivity contribution in [1.29, 1.82) is 0 Å². The molecule has 0 radical (unpaired) electrons. The van der Waals surface area contributed by atoms with Crippen molar-refractivity contribution in [3.8, 4) is 28.7 Å². The number of hydrogen-bond donors (Lipinski definition) is 2. The number of ether oxygens (including phenoxy) is 6. The zero-order valence-corrected chi connectivity index (χ0v) is 48.2. The number of hydrogen-bond acceptors (Lipinski definition) is 16. The average molecular weight is 1140 g/mol. The number of fused-ring (bicyclic) bond motifs is 1. The Morgan fingerprint density at radius 1 is 0.819 bits per heavy atom. The predicted molar refractivity (Wildman–Crippen MR) is 309 cm³/mol. The number of rotatable bonds is 26. The van der Waals surface area contributed by atoms with Gasteiger partial charge in [-0.2, -0.15) is 10.2 Å². The van der Waals surface area contributed by atoms with Crippen molar-refractivity contribution in [2.45, 2.75) is 109 Å². The van der Waals surface area contributed by atoms with Gasteiger partial charge in [-0.15, -0.1) is 0 Å². The van der Waals surface area contributed by atoms with E-state index in [2.05, 4.69) is 20.9 Å². The fourth-order valence-electron chi connectivity index (χ4n) is 11.0. The number of para-hydroxylation sites is 1. The lowest BCUT2D eigenvalue weighted by atomic mass is 9.91. The van der Waals surface area contributed by atoms with E-state index in [-0.39, 0.29) is 69.0 Å². The molecule has 3 heterocycles. The van der Waals surface area contributed by atoms with Gasteiger partial charge in [0.2, 0.25) is 17.7 Å². The van der Waals surface area contributed by atoms with E-state index in [1.807, 2.05) is 80.4 Å². The number of imide groups is 1. The van der Waals surface area contributed by atoms with Gasteiger partial charge in [0.1, 0.15) is 23.9 Å². The van der Waals surface area contributed by atoms with Gasteiger partial charge in [0, 0.05) is 61.9 Å². The minimum absolute atomic E-state index is 0.0259. The highest BCUT2D eigenvalue weighted by Gasteiger charge is 2.41. The quantitative estimate of drug-likeness (QED) is 0.0228. The molecule has 3 aliphatic heterocycles. The molecule has 2 N–H and O–H groups in total. The number of methoxy groups -OCH3 is 4. The SMILES string of the molecule is CC[C@H](C(=O)N1CCCC[C@H]1C(=O)O[C@H](CCc1ccc(OC)c(OC)c1)c1ccccc1OCC(=O)NCCCC(=O)CN(C)c1ccc(N=Nc2cccc3c2CN(C2CCC(=O)NC2=O)C3=O)cc1)c1cc(C)c(OC)c(OC)c1. The van der Waals surface area contributed by atoms with Crippen LogP contribution < -0.4 is 39.2 Å². The zero-order chi connectivity index (χ0) is 59.2. The maximum atomic E-state index is 14.6. The van der Waals surface area contributed by atoms with E-state index < -0.39 is 41.9 Å². The van der Waals surface area contributed by atoms with Gasteiger partial charge in [-0.3, -0.25) is 34.1 Å². The van der Waals surface area contributed by atoms with E-state index in [0.29, 0.717) is 95.5 Å². The van der Waals surface area contributed by atoms with Crippen LogP contribution in [0.5, 0.6) is 28.7 Å². The van der Waals surface area contributed by atoms with Crippen LogP contribution in [0.3, 0.4) is 0 Å². The van der Waals surface area contributed by atoms with Crippen molar-refractivity contribution in [3.05, 3.63) is 130 Å². The monoisotopic (exact) mass is 1140 g/mol. The molecule has 83 heavy (non-hydrogen) atoms. The van der Waals surface area contributed by atoms with Crippen LogP contribution in [-0.2, 0) is 46.5 Å². The molecule has 20 heteroatoms. The molecule has 0 aliphatic carbocycles. The third-order valence-corrected chi connectivity index (χ3v) is 15.4. The summed E-state index contributed by atoms with van der Waals surface area (Å²) in [5.74, 6) is -0.195. The number of nitrogens with one attached hydrogen (secondary N) is 2. The lowest BCUT2D eigenvalue weighted by Crippen LogP contribution is -2.52. The highest BCUT2D eigenvalue weighted by Crippen LogP contribution is 2.39. The van der Waals surface area contributed by atoms with Crippen LogP contribution in [0.25, 0.3) is 0 Å². The van der Waals surface area contributed by atoms with Gasteiger partial charge in [0.15, 0.2) is 35.4 Å². The van der Waals surface area contributed by atoms with E-state index in [1.165, 1.54) is 4.90 Å². The van der Waals surface area contributed by atoms with E-state index in [9.17, 15) is 33.6 Å². The molecular weight excluding hydrogens is 1060 g/mol. The fourth-order valence-corrected chi connectivity index (χ4v) is 11.0. The number of piperidine rings is 2. The Morgan fingerprint density at radius 2 is 1.59 bits per heavy atom. The molecule has 8 rings (SSSR count). The second-order valence-corrected chi connectivity index (χ2v) is 20.8. The summed E-state index contributed by atoms with van der Waals surface area (Å²) in [6.07, 6.45) is 3.39. The normalized spacial score (nSPS) is 16.6. The van der Waals surface area contributed by atoms with Crippen LogP contribution in [0.2, 0.25) is 0 Å². The van der Waals surface area contributed by atoms with Crippen molar-refractivity contribution >= 4 is 58.4 Å². The number of azo groups is 1. The first-order chi connectivity index (χ1) is 40.1. The average Bonchev–Trinajstić information content (AvgIpc) is 4.01. The minimum atomic E-state index is -0.838. The third-order valence-electron chi connectivity index (χ3n) is 15.4. The van der Waals surface area contributed by atoms with Crippen molar-refractivity contribution < 1.29 is 62.0 Å². The molecule has 1 unspecified atom stereocenters. The minimum Gasteiger partial charge on any atom is -0.493 e. The molecule has 5 aromatic rings. The summed E-state index contributed by atoms with van der Waals surface area (Å²) in [6.45, 7) is 4.45. The number of nitrogens with zero attached hydrogens (tertiary/aromatic N) is 5. The molecule has 0 saturated carbocycles. The first-order valence-corrected chi connectivity index (χ1v) is 28.1. The highest BCUT2D eigenvalue weighted by atomic mass is 16.5. The molecule has 2 saturated heterocycles. The summed E-state index contributed by atoms with van der Waals surface area (Å²) in [5, 5.41) is 14.0. The molecular formula is C63H73N7O13. The molecule has 2 fully saturated rings. The van der Waals surface area contributed by atoms with Crippen molar-refractivity contribution in [1.82, 2.24) is 20.4 Å². The maximum Gasteiger partial charge on any atom is 0.329 e. The van der Waals surface area contributed by atoms with Crippen LogP contribution in [-0.4, -0.2) is 125 Å². The topological polar surface area (TPSA) is 233 Å². The number of benzene rings is 5. The molecule has 5 aromatic carbocycles. The van der Waals surface area contributed by atoms with Gasteiger partial charge < -0.3 is 48.4 Å². The number of aryl methyl sites for hydroxylation is 2. The first-order valence-electron chi connectivity index (χ1n) is 28.1. The van der Waals surface area contributed by atoms with Gasteiger partial charge >= 0.3 is 5.97 Å². The number of anilines is 1. The van der Waals surface area contributed by atoms with Gasteiger partial charge in [-0.25, -0.2) is 4.79 Å². The van der Waals surface area contributed by atoms with Crippen LogP contribution in [0.15, 0.2) is 107 Å². The number of likely N-dealkylation sites (N-methyl/N-ethyl adjacent to an activating group) is 1. The van der Waals surface area contributed by atoms with Gasteiger partial charge in [0.25, 0.3) is 11.8 Å². The molecule has 0 spiro atoms. The number of ketones is 1. The summed E-state index contributed by atoms with van der Waals surface area (Å²) < 4.78 is 34.9. The van der Waals surface area contributed by atoms with Crippen LogP contribution in [0, 0.1) is 6.92 Å². The Bertz CT molecular complexity index is 3220. The molecule has 0 aromatic heterocycles. The Balaban J connectivity index is 0.850. The van der Waals surface area contributed by atoms with Gasteiger partial charge in [0.05, 0.1) is 52.3 Å². The Kier molecular flexibility index (Phi) is 20.5. The molecule has 4 atom stereocenters. The van der Waals surface area contributed by atoms with Crippen LogP contribution in [0.4, 0.5) is 17.1 Å². The summed E-state index contributed by atoms with van der Waals surface area (Å²) in [7, 11) is 8.08. The zero-order valence-electron chi connectivity index (χ0n) is 48.2. The van der Waals surface area contributed by atoms with Crippen LogP contribution >= 0.6 is 0 Å². The van der Waals surface area contributed by atoms with Crippen LogP contribution in [0.1, 0.15) is 115 Å². The summed E-state index contributed by atoms with van der Waals surface area (Å²) in [6, 6.07) is 27.3. The number of Topliss-reactive ketones (excluding diaryl/α,β-unsaturated/α-hetero) is 1. The number of esters is 1. The number of carbonyl (C=O) groups is 7. The largest absolute Gasteiger partial charge is 0.493 e. The Morgan fingerprint density at radius 3 is 2.33 bits per heavy atom. The standard InChI is InChI=1S/C63H73N7O13/c1-8-45(41-33-39(2)59(81-7)56(35-41)80-6)61(75)69-32-12-11-19-51(69)63(77)83-53(28-21-40-22-29-54(78-4)55(34-40)79-5)47-16-9-10-20-52(47)82-38-58(73)64-31-14-15-44(71)36-68(3)43-25-23-42(24-26-43)66-67-49-18-13-17-46-48(49)37-70(62(46)76)50-27-30-57(72)65-60(50)74/h9-10,13,16-18,20,22-26,29,33-35,45,50-51,53H,8,11-12,14-15,19,21,27-28,30-32,36-38H2,1-7H3,(H,64,73)(H,65,72,74)/t45-,50?,51-,53+/m0/s1. The van der Waals surface area contributed by atoms with E-state index in [0.717, 1.165) is 35.2 Å². The highest BCUT2D eigenvalue weighted by molar-refractivity contribution is 6.06. The summed E-state index contributed by atoms with van der Waals surface area (Å²) in [4.78, 5) is 98.0. The molecule has 0 bridgehead atoms.